The van der Waals surface area contributed by atoms with Crippen LogP contribution >= 0.6 is 11.3 Å². The fourth-order valence-corrected chi connectivity index (χ4v) is 4.32. The maximum absolute atomic E-state index is 12.5. The first-order valence-corrected chi connectivity index (χ1v) is 10.1. The van der Waals surface area contributed by atoms with Gasteiger partial charge in [0.25, 0.3) is 15.9 Å². The fraction of sp³-hybridized carbons (Fsp3) is 0.250. The van der Waals surface area contributed by atoms with E-state index in [1.165, 1.54) is 29.7 Å². The summed E-state index contributed by atoms with van der Waals surface area (Å²) >= 11 is 1.20. The molecule has 1 fully saturated rings. The van der Waals surface area contributed by atoms with Crippen LogP contribution in [0.3, 0.4) is 0 Å². The Bertz CT molecular complexity index is 1050. The molecule has 0 bridgehead atoms. The average Bonchev–Trinajstić information content (AvgIpc) is 3.12. The molecule has 130 valence electrons. The van der Waals surface area contributed by atoms with Gasteiger partial charge in [-0.3, -0.25) is 9.52 Å². The van der Waals surface area contributed by atoms with E-state index in [2.05, 4.69) is 15.0 Å². The second-order valence-electron chi connectivity index (χ2n) is 5.90. The normalized spacial score (nSPS) is 14.6. The molecule has 0 unspecified atom stereocenters. The van der Waals surface area contributed by atoms with Gasteiger partial charge in [-0.05, 0) is 38.0 Å². The van der Waals surface area contributed by atoms with Crippen LogP contribution < -0.4 is 10.0 Å². The average molecular weight is 377 g/mol. The second-order valence-corrected chi connectivity index (χ2v) is 8.48. The number of nitrogens with one attached hydrogen (secondary N) is 2. The van der Waals surface area contributed by atoms with Gasteiger partial charge in [0.1, 0.15) is 5.58 Å². The fourth-order valence-electron chi connectivity index (χ4n) is 2.51. The standard InChI is InChI=1S/C16H15N3O4S2/c1-9-12-8-11(25(21,22)19-16-17-6-7-24-16)4-5-13(12)23-14(9)15(20)18-10-2-3-10/h4-8,10H,2-3H2,1H3,(H,17,19)(H,18,20). The smallest absolute Gasteiger partial charge is 0.287 e. The maximum atomic E-state index is 12.5. The van der Waals surface area contributed by atoms with Gasteiger partial charge in [-0.15, -0.1) is 11.3 Å². The van der Waals surface area contributed by atoms with Crippen molar-refractivity contribution in [2.24, 2.45) is 0 Å². The van der Waals surface area contributed by atoms with Crippen LogP contribution in [0.25, 0.3) is 11.0 Å². The Hall–Kier alpha value is -2.39. The molecular weight excluding hydrogens is 362 g/mol. The zero-order valence-electron chi connectivity index (χ0n) is 13.3. The molecule has 7 nitrogen and oxygen atoms in total. The Balaban J connectivity index is 1.69. The van der Waals surface area contributed by atoms with E-state index in [1.807, 2.05) is 0 Å². The highest BCUT2D eigenvalue weighted by Crippen LogP contribution is 2.29. The van der Waals surface area contributed by atoms with Crippen LogP contribution in [0.15, 0.2) is 39.1 Å². The van der Waals surface area contributed by atoms with E-state index in [-0.39, 0.29) is 22.6 Å². The van der Waals surface area contributed by atoms with Gasteiger partial charge in [0.05, 0.1) is 4.90 Å². The number of benzene rings is 1. The summed E-state index contributed by atoms with van der Waals surface area (Å²) in [6.45, 7) is 1.75. The van der Waals surface area contributed by atoms with E-state index in [9.17, 15) is 13.2 Å². The predicted octanol–water partition coefficient (Wildman–Crippen LogP) is 2.89. The lowest BCUT2D eigenvalue weighted by atomic mass is 10.1. The van der Waals surface area contributed by atoms with Crippen molar-refractivity contribution in [3.63, 3.8) is 0 Å². The zero-order valence-corrected chi connectivity index (χ0v) is 14.9. The SMILES string of the molecule is Cc1c(C(=O)NC2CC2)oc2ccc(S(=O)(=O)Nc3nccs3)cc12. The summed E-state index contributed by atoms with van der Waals surface area (Å²) in [4.78, 5) is 16.3. The number of thiazole rings is 1. The van der Waals surface area contributed by atoms with Gasteiger partial charge in [0.15, 0.2) is 10.9 Å². The lowest BCUT2D eigenvalue weighted by molar-refractivity contribution is 0.0924. The molecule has 1 aliphatic carbocycles. The van der Waals surface area contributed by atoms with Crippen LogP contribution in [0.2, 0.25) is 0 Å². The third-order valence-corrected chi connectivity index (χ3v) is 6.15. The van der Waals surface area contributed by atoms with Gasteiger partial charge in [0, 0.05) is 28.6 Å². The van der Waals surface area contributed by atoms with Gasteiger partial charge >= 0.3 is 0 Å². The molecule has 3 aromatic rings. The molecule has 1 aliphatic rings. The number of nitrogens with zero attached hydrogens (tertiary/aromatic N) is 1. The number of hydrogen-bond acceptors (Lipinski definition) is 6. The summed E-state index contributed by atoms with van der Waals surface area (Å²) in [5.41, 5.74) is 1.10. The number of anilines is 1. The Labute approximate surface area is 148 Å². The number of sulfonamides is 1. The Kier molecular flexibility index (Phi) is 3.77. The van der Waals surface area contributed by atoms with E-state index in [4.69, 9.17) is 4.42 Å². The minimum atomic E-state index is -3.76. The number of aryl methyl sites for hydroxylation is 1. The molecule has 0 spiro atoms. The summed E-state index contributed by atoms with van der Waals surface area (Å²) in [5.74, 6) is -0.0363. The third-order valence-electron chi connectivity index (χ3n) is 3.99. The highest BCUT2D eigenvalue weighted by molar-refractivity contribution is 7.93. The van der Waals surface area contributed by atoms with E-state index < -0.39 is 10.0 Å². The monoisotopic (exact) mass is 377 g/mol. The predicted molar refractivity (Wildman–Crippen MR) is 94.4 cm³/mol. The van der Waals surface area contributed by atoms with Crippen molar-refractivity contribution in [2.75, 3.05) is 4.72 Å². The van der Waals surface area contributed by atoms with Crippen molar-refractivity contribution < 1.29 is 17.6 Å². The van der Waals surface area contributed by atoms with Crippen LogP contribution in [0.1, 0.15) is 29.0 Å². The van der Waals surface area contributed by atoms with Crippen LogP contribution in [0.5, 0.6) is 0 Å². The molecule has 1 saturated carbocycles. The first-order valence-electron chi connectivity index (χ1n) is 7.70. The molecule has 0 atom stereocenters. The van der Waals surface area contributed by atoms with Crippen molar-refractivity contribution in [1.82, 2.24) is 10.3 Å². The number of furan rings is 1. The number of carbonyl (C=O) groups is 1. The topological polar surface area (TPSA) is 101 Å². The summed E-state index contributed by atoms with van der Waals surface area (Å²) in [6.07, 6.45) is 3.49. The minimum absolute atomic E-state index is 0.0910. The number of amides is 1. The number of aromatic nitrogens is 1. The van der Waals surface area contributed by atoms with E-state index in [0.29, 0.717) is 21.7 Å². The second kappa shape index (κ2) is 5.85. The molecule has 9 heteroatoms. The molecule has 1 aromatic carbocycles. The lowest BCUT2D eigenvalue weighted by Gasteiger charge is -2.05. The highest BCUT2D eigenvalue weighted by Gasteiger charge is 2.27. The van der Waals surface area contributed by atoms with Crippen LogP contribution in [0.4, 0.5) is 5.13 Å². The molecular formula is C16H15N3O4S2. The molecule has 2 aromatic heterocycles. The molecule has 4 rings (SSSR count). The Morgan fingerprint density at radius 3 is 2.84 bits per heavy atom. The van der Waals surface area contributed by atoms with E-state index in [1.54, 1.807) is 18.4 Å². The zero-order chi connectivity index (χ0) is 17.6. The molecule has 0 radical (unpaired) electrons. The van der Waals surface area contributed by atoms with Gasteiger partial charge in [0.2, 0.25) is 0 Å². The Morgan fingerprint density at radius 2 is 2.16 bits per heavy atom. The van der Waals surface area contributed by atoms with Crippen molar-refractivity contribution in [3.05, 3.63) is 41.1 Å². The first kappa shape index (κ1) is 16.1. The van der Waals surface area contributed by atoms with Gasteiger partial charge in [-0.25, -0.2) is 13.4 Å². The van der Waals surface area contributed by atoms with Gasteiger partial charge < -0.3 is 9.73 Å². The molecule has 25 heavy (non-hydrogen) atoms. The lowest BCUT2D eigenvalue weighted by Crippen LogP contribution is -2.25. The van der Waals surface area contributed by atoms with E-state index in [0.717, 1.165) is 12.8 Å². The molecule has 0 saturated heterocycles. The van der Waals surface area contributed by atoms with Crippen molar-refractivity contribution in [2.45, 2.75) is 30.7 Å². The summed E-state index contributed by atoms with van der Waals surface area (Å²) in [7, 11) is -3.76. The third kappa shape index (κ3) is 3.12. The maximum Gasteiger partial charge on any atom is 0.287 e. The summed E-state index contributed by atoms with van der Waals surface area (Å²) in [5, 5.41) is 5.46. The quantitative estimate of drug-likeness (QED) is 0.712. The first-order chi connectivity index (χ1) is 11.9. The van der Waals surface area contributed by atoms with Gasteiger partial charge in [-0.2, -0.15) is 0 Å². The van der Waals surface area contributed by atoms with Crippen LogP contribution in [-0.2, 0) is 10.0 Å². The number of rotatable bonds is 5. The van der Waals surface area contributed by atoms with Crippen molar-refractivity contribution >= 4 is 43.4 Å². The van der Waals surface area contributed by atoms with E-state index >= 15 is 0 Å². The van der Waals surface area contributed by atoms with Crippen molar-refractivity contribution in [3.8, 4) is 0 Å². The highest BCUT2D eigenvalue weighted by atomic mass is 32.2. The summed E-state index contributed by atoms with van der Waals surface area (Å²) in [6, 6.07) is 4.74. The molecule has 0 aliphatic heterocycles. The van der Waals surface area contributed by atoms with Crippen molar-refractivity contribution in [1.29, 1.82) is 0 Å². The largest absolute Gasteiger partial charge is 0.451 e. The Morgan fingerprint density at radius 1 is 1.36 bits per heavy atom. The number of hydrogen-bond donors (Lipinski definition) is 2. The minimum Gasteiger partial charge on any atom is -0.451 e. The van der Waals surface area contributed by atoms with Crippen LogP contribution in [-0.4, -0.2) is 25.4 Å². The summed E-state index contributed by atoms with van der Waals surface area (Å²) < 4.78 is 33.0. The molecule has 2 N–H and O–H groups in total. The number of carbonyl (C=O) groups excluding carboxylic acids is 1. The van der Waals surface area contributed by atoms with Gasteiger partial charge in [-0.1, -0.05) is 0 Å². The molecule has 1 amide bonds. The number of fused-ring (bicyclic) bond motifs is 1. The van der Waals surface area contributed by atoms with Crippen LogP contribution in [0, 0.1) is 6.92 Å². The molecule has 2 heterocycles.